The molecule has 1 fully saturated rings. The predicted octanol–water partition coefficient (Wildman–Crippen LogP) is 1.58. The maximum atomic E-state index is 13.0. The first kappa shape index (κ1) is 7.22. The van der Waals surface area contributed by atoms with E-state index in [-0.39, 0.29) is 0 Å². The van der Waals surface area contributed by atoms with E-state index in [2.05, 4.69) is 0 Å². The molecule has 0 aromatic rings. The van der Waals surface area contributed by atoms with Crippen molar-refractivity contribution in [2.45, 2.75) is 25.4 Å². The first-order chi connectivity index (χ1) is 4.97. The van der Waals surface area contributed by atoms with Crippen LogP contribution in [-0.2, 0) is 0 Å². The van der Waals surface area contributed by atoms with Crippen molar-refractivity contribution in [1.82, 2.24) is 0 Å². The second kappa shape index (κ2) is 1.66. The summed E-state index contributed by atoms with van der Waals surface area (Å²) in [6.45, 7) is 1.68. The summed E-state index contributed by atoms with van der Waals surface area (Å²) in [5, 5.41) is 9.21. The third-order valence-electron chi connectivity index (χ3n) is 2.85. The highest BCUT2D eigenvalue weighted by Gasteiger charge is 2.63. The SMILES string of the molecule is CC12C=CC(C1)C(F)(F)C2O. The van der Waals surface area contributed by atoms with Crippen molar-refractivity contribution in [1.29, 1.82) is 0 Å². The van der Waals surface area contributed by atoms with Crippen molar-refractivity contribution >= 4 is 0 Å². The highest BCUT2D eigenvalue weighted by Crippen LogP contribution is 2.56. The summed E-state index contributed by atoms with van der Waals surface area (Å²) in [7, 11) is 0. The van der Waals surface area contributed by atoms with Crippen LogP contribution in [0.3, 0.4) is 0 Å². The summed E-state index contributed by atoms with van der Waals surface area (Å²) in [4.78, 5) is 0. The minimum atomic E-state index is -2.90. The molecule has 0 aromatic carbocycles. The molecule has 2 bridgehead atoms. The van der Waals surface area contributed by atoms with Crippen LogP contribution in [0.25, 0.3) is 0 Å². The maximum absolute atomic E-state index is 13.0. The number of hydrogen-bond acceptors (Lipinski definition) is 1. The zero-order valence-corrected chi connectivity index (χ0v) is 6.22. The van der Waals surface area contributed by atoms with Crippen LogP contribution in [0.1, 0.15) is 13.3 Å². The third kappa shape index (κ3) is 0.670. The molecule has 0 amide bonds. The van der Waals surface area contributed by atoms with Gasteiger partial charge in [-0.1, -0.05) is 19.1 Å². The number of rotatable bonds is 0. The molecule has 2 rings (SSSR count). The van der Waals surface area contributed by atoms with Gasteiger partial charge in [-0.3, -0.25) is 0 Å². The van der Waals surface area contributed by atoms with Crippen LogP contribution in [0.5, 0.6) is 0 Å². The Hall–Kier alpha value is -0.440. The van der Waals surface area contributed by atoms with Gasteiger partial charge in [-0.25, -0.2) is 8.78 Å². The Morgan fingerprint density at radius 2 is 2.18 bits per heavy atom. The van der Waals surface area contributed by atoms with Crippen LogP contribution < -0.4 is 0 Å². The first-order valence-corrected chi connectivity index (χ1v) is 3.72. The van der Waals surface area contributed by atoms with Gasteiger partial charge in [-0.05, 0) is 6.42 Å². The summed E-state index contributed by atoms with van der Waals surface area (Å²) >= 11 is 0. The Morgan fingerprint density at radius 3 is 2.45 bits per heavy atom. The Kier molecular flexibility index (Phi) is 1.09. The molecule has 2 aliphatic carbocycles. The molecule has 0 aliphatic heterocycles. The van der Waals surface area contributed by atoms with Gasteiger partial charge in [0.25, 0.3) is 5.92 Å². The lowest BCUT2D eigenvalue weighted by molar-refractivity contribution is -0.127. The van der Waals surface area contributed by atoms with Gasteiger partial charge in [0.05, 0.1) is 0 Å². The van der Waals surface area contributed by atoms with Crippen molar-refractivity contribution in [2.24, 2.45) is 11.3 Å². The second-order valence-corrected chi connectivity index (χ2v) is 3.75. The van der Waals surface area contributed by atoms with E-state index in [1.165, 1.54) is 6.08 Å². The van der Waals surface area contributed by atoms with Gasteiger partial charge in [0.2, 0.25) is 0 Å². The van der Waals surface area contributed by atoms with Crippen LogP contribution >= 0.6 is 0 Å². The summed E-state index contributed by atoms with van der Waals surface area (Å²) in [5.41, 5.74) is -0.672. The van der Waals surface area contributed by atoms with E-state index in [4.69, 9.17) is 0 Å². The number of hydrogen-bond donors (Lipinski definition) is 1. The minimum absolute atomic E-state index is 0.390. The molecule has 1 N–H and O–H groups in total. The number of allylic oxidation sites excluding steroid dienone is 1. The normalized spacial score (nSPS) is 52.0. The molecule has 3 heteroatoms. The van der Waals surface area contributed by atoms with Gasteiger partial charge in [0.1, 0.15) is 6.10 Å². The smallest absolute Gasteiger partial charge is 0.280 e. The van der Waals surface area contributed by atoms with E-state index in [9.17, 15) is 13.9 Å². The van der Waals surface area contributed by atoms with Crippen LogP contribution in [0.2, 0.25) is 0 Å². The molecule has 2 aliphatic rings. The molecule has 1 nitrogen and oxygen atoms in total. The Bertz CT molecular complexity index is 224. The molecule has 0 spiro atoms. The lowest BCUT2D eigenvalue weighted by Gasteiger charge is -2.28. The van der Waals surface area contributed by atoms with E-state index < -0.39 is 23.4 Å². The summed E-state index contributed by atoms with van der Waals surface area (Å²) in [5.74, 6) is -3.63. The van der Waals surface area contributed by atoms with Crippen molar-refractivity contribution in [3.63, 3.8) is 0 Å². The second-order valence-electron chi connectivity index (χ2n) is 3.75. The minimum Gasteiger partial charge on any atom is -0.386 e. The lowest BCUT2D eigenvalue weighted by atomic mass is 9.87. The largest absolute Gasteiger partial charge is 0.386 e. The zero-order chi connectivity index (χ0) is 8.28. The molecule has 11 heavy (non-hydrogen) atoms. The molecular formula is C8H10F2O. The predicted molar refractivity (Wildman–Crippen MR) is 36.3 cm³/mol. The van der Waals surface area contributed by atoms with E-state index in [0.717, 1.165) is 0 Å². The molecule has 0 heterocycles. The highest BCUT2D eigenvalue weighted by atomic mass is 19.3. The van der Waals surface area contributed by atoms with Gasteiger partial charge in [0.15, 0.2) is 0 Å². The average molecular weight is 160 g/mol. The number of aliphatic hydroxyl groups is 1. The summed E-state index contributed by atoms with van der Waals surface area (Å²) < 4.78 is 26.0. The third-order valence-corrected chi connectivity index (χ3v) is 2.85. The van der Waals surface area contributed by atoms with Crippen molar-refractivity contribution < 1.29 is 13.9 Å². The van der Waals surface area contributed by atoms with Gasteiger partial charge < -0.3 is 5.11 Å². The van der Waals surface area contributed by atoms with E-state index in [1.54, 1.807) is 13.0 Å². The standard InChI is InChI=1S/C8H10F2O/c1-7-3-2-5(4-7)8(9,10)6(7)11/h2-3,5-6,11H,4H2,1H3. The zero-order valence-electron chi connectivity index (χ0n) is 6.22. The quantitative estimate of drug-likeness (QED) is 0.533. The van der Waals surface area contributed by atoms with Gasteiger partial charge in [-0.15, -0.1) is 0 Å². The van der Waals surface area contributed by atoms with Crippen molar-refractivity contribution in [3.05, 3.63) is 12.2 Å². The molecule has 62 valence electrons. The van der Waals surface area contributed by atoms with Gasteiger partial charge in [0, 0.05) is 11.3 Å². The van der Waals surface area contributed by atoms with E-state index in [0.29, 0.717) is 6.42 Å². The topological polar surface area (TPSA) is 20.2 Å². The fourth-order valence-electron chi connectivity index (χ4n) is 2.06. The van der Waals surface area contributed by atoms with Crippen molar-refractivity contribution in [3.8, 4) is 0 Å². The average Bonchev–Trinajstić information content (AvgIpc) is 2.36. The van der Waals surface area contributed by atoms with Crippen molar-refractivity contribution in [2.75, 3.05) is 0 Å². The highest BCUT2D eigenvalue weighted by molar-refractivity contribution is 5.24. The molecular weight excluding hydrogens is 150 g/mol. The summed E-state index contributed by atoms with van der Waals surface area (Å²) in [6, 6.07) is 0. The molecule has 3 unspecified atom stereocenters. The molecule has 1 saturated carbocycles. The first-order valence-electron chi connectivity index (χ1n) is 3.72. The Labute approximate surface area is 63.7 Å². The maximum Gasteiger partial charge on any atom is 0.280 e. The Balaban J connectivity index is 2.43. The monoisotopic (exact) mass is 160 g/mol. The number of aliphatic hydroxyl groups excluding tert-OH is 1. The van der Waals surface area contributed by atoms with Crippen LogP contribution in [0, 0.1) is 11.3 Å². The Morgan fingerprint density at radius 1 is 1.55 bits per heavy atom. The number of halogens is 2. The number of alkyl halides is 2. The molecule has 3 atom stereocenters. The molecule has 0 radical (unpaired) electrons. The molecule has 0 saturated heterocycles. The lowest BCUT2D eigenvalue weighted by Crippen LogP contribution is -2.40. The van der Waals surface area contributed by atoms with Crippen LogP contribution in [-0.4, -0.2) is 17.1 Å². The van der Waals surface area contributed by atoms with Gasteiger partial charge in [-0.2, -0.15) is 0 Å². The van der Waals surface area contributed by atoms with Crippen LogP contribution in [0.15, 0.2) is 12.2 Å². The van der Waals surface area contributed by atoms with E-state index in [1.807, 2.05) is 0 Å². The van der Waals surface area contributed by atoms with Crippen LogP contribution in [0.4, 0.5) is 8.78 Å². The van der Waals surface area contributed by atoms with E-state index >= 15 is 0 Å². The summed E-state index contributed by atoms with van der Waals surface area (Å²) in [6.07, 6.45) is 2.14. The number of fused-ring (bicyclic) bond motifs is 2. The molecule has 0 aromatic heterocycles. The fourth-order valence-corrected chi connectivity index (χ4v) is 2.06. The van der Waals surface area contributed by atoms with Gasteiger partial charge >= 0.3 is 0 Å². The fraction of sp³-hybridized carbons (Fsp3) is 0.750.